The van der Waals surface area contributed by atoms with Crippen LogP contribution >= 0.6 is 23.5 Å². The van der Waals surface area contributed by atoms with Crippen molar-refractivity contribution in [3.63, 3.8) is 0 Å². The van der Waals surface area contributed by atoms with E-state index in [2.05, 4.69) is 5.32 Å². The highest BCUT2D eigenvalue weighted by molar-refractivity contribution is 7.99. The largest absolute Gasteiger partial charge is 0.347 e. The predicted octanol–water partition coefficient (Wildman–Crippen LogP) is 3.90. The van der Waals surface area contributed by atoms with Crippen molar-refractivity contribution < 1.29 is 18.8 Å². The van der Waals surface area contributed by atoms with Crippen molar-refractivity contribution in [1.29, 1.82) is 0 Å². The zero-order valence-electron chi connectivity index (χ0n) is 16.4. The fourth-order valence-electron chi connectivity index (χ4n) is 3.88. The number of carbonyl (C=O) groups excluding carboxylic acids is 3. The number of hydrogen-bond acceptors (Lipinski definition) is 5. The van der Waals surface area contributed by atoms with Crippen molar-refractivity contribution in [3.05, 3.63) is 65.0 Å². The first-order valence-corrected chi connectivity index (χ1v) is 12.1. The maximum absolute atomic E-state index is 13.8. The fraction of sp³-hybridized carbons (Fsp3) is 0.318. The molecule has 0 bridgehead atoms. The fourth-order valence-corrected chi connectivity index (χ4v) is 5.45. The highest BCUT2D eigenvalue weighted by Crippen LogP contribution is 2.37. The quantitative estimate of drug-likeness (QED) is 0.685. The highest BCUT2D eigenvalue weighted by atomic mass is 32.2. The third-order valence-corrected chi connectivity index (χ3v) is 7.13. The summed E-state index contributed by atoms with van der Waals surface area (Å²) < 4.78 is 13.8. The summed E-state index contributed by atoms with van der Waals surface area (Å²) in [6, 6.07) is 9.95. The molecule has 30 heavy (non-hydrogen) atoms. The number of rotatable bonds is 6. The van der Waals surface area contributed by atoms with Crippen LogP contribution in [0.3, 0.4) is 0 Å². The maximum atomic E-state index is 13.8. The Morgan fingerprint density at radius 2 is 1.93 bits per heavy atom. The minimum atomic E-state index is -0.906. The Labute approximate surface area is 182 Å². The van der Waals surface area contributed by atoms with Crippen molar-refractivity contribution in [3.8, 4) is 0 Å². The average Bonchev–Trinajstić information content (AvgIpc) is 3.00. The number of halogens is 1. The molecule has 1 N–H and O–H groups in total. The van der Waals surface area contributed by atoms with Crippen LogP contribution in [0.25, 0.3) is 0 Å². The first-order valence-electron chi connectivity index (χ1n) is 9.69. The van der Waals surface area contributed by atoms with Crippen LogP contribution in [0.2, 0.25) is 0 Å². The van der Waals surface area contributed by atoms with Gasteiger partial charge in [-0.15, -0.1) is 11.8 Å². The minimum Gasteiger partial charge on any atom is -0.347 e. The molecule has 0 unspecified atom stereocenters. The Hall–Kier alpha value is -2.32. The monoisotopic (exact) mass is 444 g/mol. The molecule has 0 spiro atoms. The van der Waals surface area contributed by atoms with Crippen LogP contribution in [0, 0.1) is 5.82 Å². The molecule has 0 aromatic heterocycles. The van der Waals surface area contributed by atoms with Gasteiger partial charge < -0.3 is 5.32 Å². The summed E-state index contributed by atoms with van der Waals surface area (Å²) in [6.07, 6.45) is 2.93. The summed E-state index contributed by atoms with van der Waals surface area (Å²) in [5, 5.41) is 2.98. The van der Waals surface area contributed by atoms with Crippen molar-refractivity contribution in [1.82, 2.24) is 10.2 Å². The lowest BCUT2D eigenvalue weighted by atomic mass is 10.0. The van der Waals surface area contributed by atoms with Crippen molar-refractivity contribution in [2.75, 3.05) is 17.8 Å². The molecule has 0 radical (unpaired) electrons. The molecule has 2 heterocycles. The van der Waals surface area contributed by atoms with Gasteiger partial charge in [0, 0.05) is 10.6 Å². The van der Waals surface area contributed by atoms with Crippen LogP contribution < -0.4 is 5.32 Å². The lowest BCUT2D eigenvalue weighted by Gasteiger charge is -2.30. The molecule has 0 aliphatic carbocycles. The molecule has 0 fully saturated rings. The first-order chi connectivity index (χ1) is 14.5. The van der Waals surface area contributed by atoms with E-state index in [9.17, 15) is 18.8 Å². The smallest absolute Gasteiger partial charge is 0.262 e. The van der Waals surface area contributed by atoms with Gasteiger partial charge in [-0.2, -0.15) is 11.8 Å². The van der Waals surface area contributed by atoms with Gasteiger partial charge in [-0.3, -0.25) is 19.3 Å². The highest BCUT2D eigenvalue weighted by Gasteiger charge is 2.42. The standard InChI is InChI=1S/C22H21FN2O3S2/c1-29-10-9-18(25-21(27)14-4-2-3-5-15(14)22(25)28)20(26)24-17-8-11-30-19-7-6-13(23)12-16(17)19/h2-7,12,17-18H,8-11H2,1H3,(H,24,26)/t17-,18-/m1/s1. The van der Waals surface area contributed by atoms with Crippen LogP contribution in [0.1, 0.15) is 45.2 Å². The van der Waals surface area contributed by atoms with E-state index in [1.54, 1.807) is 53.9 Å². The van der Waals surface area contributed by atoms with E-state index in [1.165, 1.54) is 12.1 Å². The summed E-state index contributed by atoms with van der Waals surface area (Å²) in [4.78, 5) is 41.1. The van der Waals surface area contributed by atoms with E-state index in [4.69, 9.17) is 0 Å². The molecule has 2 atom stereocenters. The molecule has 5 nitrogen and oxygen atoms in total. The van der Waals surface area contributed by atoms with E-state index in [-0.39, 0.29) is 17.8 Å². The summed E-state index contributed by atoms with van der Waals surface area (Å²) in [7, 11) is 0. The SMILES string of the molecule is CSCC[C@H](C(=O)N[C@@H]1CCSc2ccc(F)cc21)N1C(=O)c2ccccc2C1=O. The first kappa shape index (κ1) is 20.9. The summed E-state index contributed by atoms with van der Waals surface area (Å²) in [5.74, 6) is -0.200. The van der Waals surface area contributed by atoms with Crippen LogP contribution in [-0.2, 0) is 4.79 Å². The van der Waals surface area contributed by atoms with Gasteiger partial charge in [0.25, 0.3) is 11.8 Å². The van der Waals surface area contributed by atoms with Gasteiger partial charge in [-0.05, 0) is 60.7 Å². The van der Waals surface area contributed by atoms with Crippen molar-refractivity contribution in [2.24, 2.45) is 0 Å². The van der Waals surface area contributed by atoms with E-state index in [1.807, 2.05) is 6.26 Å². The van der Waals surface area contributed by atoms with Crippen LogP contribution in [0.5, 0.6) is 0 Å². The molecular weight excluding hydrogens is 423 g/mol. The summed E-state index contributed by atoms with van der Waals surface area (Å²) in [5.41, 5.74) is 1.39. The number of nitrogens with one attached hydrogen (secondary N) is 1. The second-order valence-electron chi connectivity index (χ2n) is 7.20. The van der Waals surface area contributed by atoms with E-state index >= 15 is 0 Å². The molecular formula is C22H21FN2O3S2. The third-order valence-electron chi connectivity index (χ3n) is 5.36. The van der Waals surface area contributed by atoms with Crippen molar-refractivity contribution >= 4 is 41.2 Å². The normalized spacial score (nSPS) is 18.7. The van der Waals surface area contributed by atoms with E-state index in [0.717, 1.165) is 21.1 Å². The number of thioether (sulfide) groups is 2. The maximum Gasteiger partial charge on any atom is 0.262 e. The lowest BCUT2D eigenvalue weighted by molar-refractivity contribution is -0.125. The third kappa shape index (κ3) is 3.86. The summed E-state index contributed by atoms with van der Waals surface area (Å²) in [6.45, 7) is 0. The van der Waals surface area contributed by atoms with Gasteiger partial charge >= 0.3 is 0 Å². The number of amides is 3. The van der Waals surface area contributed by atoms with Gasteiger partial charge in [0.2, 0.25) is 5.91 Å². The molecule has 2 aromatic carbocycles. The number of hydrogen-bond donors (Lipinski definition) is 1. The number of fused-ring (bicyclic) bond motifs is 2. The molecule has 3 amide bonds. The second-order valence-corrected chi connectivity index (χ2v) is 9.33. The number of benzene rings is 2. The van der Waals surface area contributed by atoms with Gasteiger partial charge in [0.15, 0.2) is 0 Å². The Morgan fingerprint density at radius 1 is 1.23 bits per heavy atom. The van der Waals surface area contributed by atoms with E-state index < -0.39 is 17.9 Å². The molecule has 0 saturated heterocycles. The average molecular weight is 445 g/mol. The Kier molecular flexibility index (Phi) is 6.15. The second kappa shape index (κ2) is 8.81. The molecule has 156 valence electrons. The molecule has 8 heteroatoms. The zero-order chi connectivity index (χ0) is 21.3. The number of nitrogens with zero attached hydrogens (tertiary/aromatic N) is 1. The van der Waals surface area contributed by atoms with Gasteiger partial charge in [-0.25, -0.2) is 4.39 Å². The summed E-state index contributed by atoms with van der Waals surface area (Å²) >= 11 is 3.18. The number of imide groups is 1. The molecule has 2 aliphatic rings. The topological polar surface area (TPSA) is 66.5 Å². The Balaban J connectivity index is 1.60. The van der Waals surface area contributed by atoms with Gasteiger partial charge in [0.1, 0.15) is 11.9 Å². The Bertz CT molecular complexity index is 979. The molecule has 2 aliphatic heterocycles. The molecule has 2 aromatic rings. The lowest BCUT2D eigenvalue weighted by Crippen LogP contribution is -2.50. The van der Waals surface area contributed by atoms with Gasteiger partial charge in [0.05, 0.1) is 17.2 Å². The van der Waals surface area contributed by atoms with Crippen LogP contribution in [0.15, 0.2) is 47.4 Å². The van der Waals surface area contributed by atoms with Gasteiger partial charge in [-0.1, -0.05) is 12.1 Å². The van der Waals surface area contributed by atoms with Crippen molar-refractivity contribution in [2.45, 2.75) is 29.8 Å². The predicted molar refractivity (Wildman–Crippen MR) is 116 cm³/mol. The van der Waals surface area contributed by atoms with Crippen LogP contribution in [0.4, 0.5) is 4.39 Å². The Morgan fingerprint density at radius 3 is 2.60 bits per heavy atom. The van der Waals surface area contributed by atoms with Crippen LogP contribution in [-0.4, -0.2) is 46.4 Å². The molecule has 4 rings (SSSR count). The van der Waals surface area contributed by atoms with E-state index in [0.29, 0.717) is 29.7 Å². The minimum absolute atomic E-state index is 0.325. The zero-order valence-corrected chi connectivity index (χ0v) is 18.0. The number of carbonyl (C=O) groups is 3. The molecule has 0 saturated carbocycles.